The van der Waals surface area contributed by atoms with Crippen LogP contribution in [0.1, 0.15) is 56.5 Å². The molecule has 19 heavy (non-hydrogen) atoms. The molecular weight excluding hydrogens is 234 g/mol. The number of benzene rings is 1. The van der Waals surface area contributed by atoms with Gasteiger partial charge in [-0.05, 0) is 31.4 Å². The summed E-state index contributed by atoms with van der Waals surface area (Å²) in [5.41, 5.74) is 2.09. The highest BCUT2D eigenvalue weighted by atomic mass is 16.1. The van der Waals surface area contributed by atoms with Gasteiger partial charge in [0.05, 0.1) is 6.54 Å². The largest absolute Gasteiger partial charge is 0.296 e. The molecule has 0 fully saturated rings. The molecule has 2 nitrogen and oxygen atoms in total. The van der Waals surface area contributed by atoms with Gasteiger partial charge in [0.2, 0.25) is 0 Å². The Morgan fingerprint density at radius 3 is 2.00 bits per heavy atom. The van der Waals surface area contributed by atoms with Gasteiger partial charge in [0.1, 0.15) is 0 Å². The van der Waals surface area contributed by atoms with Gasteiger partial charge in [0.15, 0.2) is 5.78 Å². The van der Waals surface area contributed by atoms with E-state index in [0.717, 1.165) is 5.56 Å². The molecule has 0 aliphatic heterocycles. The van der Waals surface area contributed by atoms with E-state index in [1.54, 1.807) is 0 Å². The van der Waals surface area contributed by atoms with E-state index in [0.29, 0.717) is 24.4 Å². The standard InChI is InChI=1S/C17H27NO/c1-12(2)14(5)18(6)11-17(19)16-9-7-15(8-10-16)13(3)4/h7-10,12-14H,11H2,1-6H3. The topological polar surface area (TPSA) is 20.3 Å². The van der Waals surface area contributed by atoms with E-state index in [2.05, 4.69) is 51.7 Å². The first-order chi connectivity index (χ1) is 8.82. The maximum atomic E-state index is 12.2. The molecule has 0 saturated carbocycles. The molecule has 2 heteroatoms. The van der Waals surface area contributed by atoms with Crippen molar-refractivity contribution in [1.82, 2.24) is 4.90 Å². The molecular formula is C17H27NO. The van der Waals surface area contributed by atoms with Crippen LogP contribution in [0.5, 0.6) is 0 Å². The molecule has 0 radical (unpaired) electrons. The zero-order valence-electron chi connectivity index (χ0n) is 13.1. The molecule has 0 aliphatic carbocycles. The van der Waals surface area contributed by atoms with E-state index < -0.39 is 0 Å². The van der Waals surface area contributed by atoms with Gasteiger partial charge >= 0.3 is 0 Å². The number of likely N-dealkylation sites (N-methyl/N-ethyl adjacent to an activating group) is 1. The third-order valence-corrected chi connectivity index (χ3v) is 3.95. The molecule has 1 atom stereocenters. The number of hydrogen-bond donors (Lipinski definition) is 0. The van der Waals surface area contributed by atoms with Crippen LogP contribution in [0.2, 0.25) is 0 Å². The van der Waals surface area contributed by atoms with E-state index in [4.69, 9.17) is 0 Å². The van der Waals surface area contributed by atoms with Crippen molar-refractivity contribution in [3.05, 3.63) is 35.4 Å². The van der Waals surface area contributed by atoms with Gasteiger partial charge in [-0.3, -0.25) is 9.69 Å². The molecule has 0 aliphatic rings. The van der Waals surface area contributed by atoms with Gasteiger partial charge in [-0.2, -0.15) is 0 Å². The monoisotopic (exact) mass is 261 g/mol. The quantitative estimate of drug-likeness (QED) is 0.722. The molecule has 1 unspecified atom stereocenters. The average molecular weight is 261 g/mol. The SMILES string of the molecule is CC(C)c1ccc(C(=O)CN(C)C(C)C(C)C)cc1. The zero-order valence-corrected chi connectivity index (χ0v) is 13.1. The second kappa shape index (κ2) is 6.85. The first-order valence-corrected chi connectivity index (χ1v) is 7.16. The fourth-order valence-corrected chi connectivity index (χ4v) is 2.02. The lowest BCUT2D eigenvalue weighted by Crippen LogP contribution is -2.37. The van der Waals surface area contributed by atoms with Crippen molar-refractivity contribution in [2.75, 3.05) is 13.6 Å². The summed E-state index contributed by atoms with van der Waals surface area (Å²) in [7, 11) is 2.02. The molecule has 0 aromatic heterocycles. The summed E-state index contributed by atoms with van der Waals surface area (Å²) in [6.07, 6.45) is 0. The summed E-state index contributed by atoms with van der Waals surface area (Å²) in [5, 5.41) is 0. The summed E-state index contributed by atoms with van der Waals surface area (Å²) in [6.45, 7) is 11.3. The van der Waals surface area contributed by atoms with Gasteiger partial charge < -0.3 is 0 Å². The Hall–Kier alpha value is -1.15. The van der Waals surface area contributed by atoms with Crippen molar-refractivity contribution in [1.29, 1.82) is 0 Å². The van der Waals surface area contributed by atoms with Crippen molar-refractivity contribution >= 4 is 5.78 Å². The highest BCUT2D eigenvalue weighted by molar-refractivity contribution is 5.97. The van der Waals surface area contributed by atoms with Crippen LogP contribution in [0.15, 0.2) is 24.3 Å². The van der Waals surface area contributed by atoms with E-state index in [9.17, 15) is 4.79 Å². The Morgan fingerprint density at radius 1 is 1.05 bits per heavy atom. The van der Waals surface area contributed by atoms with Crippen LogP contribution in [0.3, 0.4) is 0 Å². The lowest BCUT2D eigenvalue weighted by molar-refractivity contribution is 0.0907. The zero-order chi connectivity index (χ0) is 14.6. The van der Waals surface area contributed by atoms with Crippen molar-refractivity contribution in [2.45, 2.75) is 46.6 Å². The summed E-state index contributed by atoms with van der Waals surface area (Å²) in [4.78, 5) is 14.3. The van der Waals surface area contributed by atoms with E-state index in [1.165, 1.54) is 5.56 Å². The fraction of sp³-hybridized carbons (Fsp3) is 0.588. The van der Waals surface area contributed by atoms with Gasteiger partial charge in [0.25, 0.3) is 0 Å². The maximum Gasteiger partial charge on any atom is 0.176 e. The lowest BCUT2D eigenvalue weighted by Gasteiger charge is -2.27. The molecule has 0 heterocycles. The Bertz CT molecular complexity index is 406. The van der Waals surface area contributed by atoms with E-state index in [1.807, 2.05) is 19.2 Å². The minimum absolute atomic E-state index is 0.199. The summed E-state index contributed by atoms with van der Waals surface area (Å²) >= 11 is 0. The molecule has 0 N–H and O–H groups in total. The Balaban J connectivity index is 2.68. The number of rotatable bonds is 6. The summed E-state index contributed by atoms with van der Waals surface area (Å²) < 4.78 is 0. The highest BCUT2D eigenvalue weighted by Crippen LogP contribution is 2.15. The third kappa shape index (κ3) is 4.46. The molecule has 0 amide bonds. The third-order valence-electron chi connectivity index (χ3n) is 3.95. The summed E-state index contributed by atoms with van der Waals surface area (Å²) in [6, 6.07) is 8.43. The van der Waals surface area contributed by atoms with Crippen molar-refractivity contribution in [3.63, 3.8) is 0 Å². The van der Waals surface area contributed by atoms with Crippen LogP contribution in [0.4, 0.5) is 0 Å². The number of hydrogen-bond acceptors (Lipinski definition) is 2. The van der Waals surface area contributed by atoms with Gasteiger partial charge in [-0.1, -0.05) is 52.0 Å². The average Bonchev–Trinajstić information content (AvgIpc) is 2.37. The van der Waals surface area contributed by atoms with Gasteiger partial charge in [-0.25, -0.2) is 0 Å². The number of ketones is 1. The second-order valence-electron chi connectivity index (χ2n) is 6.10. The molecule has 106 valence electrons. The highest BCUT2D eigenvalue weighted by Gasteiger charge is 2.16. The molecule has 1 aromatic carbocycles. The Kier molecular flexibility index (Phi) is 5.74. The van der Waals surface area contributed by atoms with Crippen LogP contribution in [0.25, 0.3) is 0 Å². The van der Waals surface area contributed by atoms with Crippen molar-refractivity contribution < 1.29 is 4.79 Å². The van der Waals surface area contributed by atoms with E-state index >= 15 is 0 Å². The van der Waals surface area contributed by atoms with Crippen LogP contribution in [-0.4, -0.2) is 30.3 Å². The molecule has 0 spiro atoms. The van der Waals surface area contributed by atoms with Crippen molar-refractivity contribution in [2.24, 2.45) is 5.92 Å². The van der Waals surface area contributed by atoms with Crippen LogP contribution in [-0.2, 0) is 0 Å². The van der Waals surface area contributed by atoms with Crippen LogP contribution < -0.4 is 0 Å². The number of Topliss-reactive ketones (excluding diaryl/α,β-unsaturated/α-hetero) is 1. The smallest absolute Gasteiger partial charge is 0.176 e. The summed E-state index contributed by atoms with van der Waals surface area (Å²) in [5.74, 6) is 1.26. The minimum atomic E-state index is 0.199. The molecule has 0 bridgehead atoms. The minimum Gasteiger partial charge on any atom is -0.296 e. The maximum absolute atomic E-state index is 12.2. The second-order valence-corrected chi connectivity index (χ2v) is 6.10. The molecule has 1 rings (SSSR count). The number of carbonyl (C=O) groups excluding carboxylic acids is 1. The van der Waals surface area contributed by atoms with Crippen LogP contribution >= 0.6 is 0 Å². The predicted octanol–water partition coefficient (Wildman–Crippen LogP) is 3.97. The van der Waals surface area contributed by atoms with Crippen LogP contribution in [0, 0.1) is 5.92 Å². The number of nitrogens with zero attached hydrogens (tertiary/aromatic N) is 1. The first kappa shape index (κ1) is 15.9. The first-order valence-electron chi connectivity index (χ1n) is 7.16. The fourth-order valence-electron chi connectivity index (χ4n) is 2.02. The molecule has 0 saturated heterocycles. The van der Waals surface area contributed by atoms with E-state index in [-0.39, 0.29) is 5.78 Å². The number of carbonyl (C=O) groups is 1. The predicted molar refractivity (Wildman–Crippen MR) is 81.8 cm³/mol. The lowest BCUT2D eigenvalue weighted by atomic mass is 10.00. The van der Waals surface area contributed by atoms with Gasteiger partial charge in [0, 0.05) is 11.6 Å². The normalized spacial score (nSPS) is 13.3. The van der Waals surface area contributed by atoms with Gasteiger partial charge in [-0.15, -0.1) is 0 Å². The Morgan fingerprint density at radius 2 is 1.58 bits per heavy atom. The van der Waals surface area contributed by atoms with Crippen molar-refractivity contribution in [3.8, 4) is 0 Å². The molecule has 1 aromatic rings. The Labute approximate surface area is 117 Å².